The Kier molecular flexibility index (Phi) is 10.8. The maximum Gasteiger partial charge on any atom is 0.416 e. The van der Waals surface area contributed by atoms with E-state index in [0.29, 0.717) is 25.7 Å². The van der Waals surface area contributed by atoms with Crippen molar-refractivity contribution in [2.75, 3.05) is 38.6 Å². The fourth-order valence-corrected chi connectivity index (χ4v) is 7.59. The number of amides is 1. The number of amidine groups is 1. The summed E-state index contributed by atoms with van der Waals surface area (Å²) in [6.45, 7) is 2.42. The lowest BCUT2D eigenvalue weighted by molar-refractivity contribution is -0.137. The van der Waals surface area contributed by atoms with Crippen molar-refractivity contribution in [3.05, 3.63) is 76.4 Å². The molecule has 14 heteroatoms. The van der Waals surface area contributed by atoms with Crippen molar-refractivity contribution >= 4 is 21.8 Å². The zero-order valence-corrected chi connectivity index (χ0v) is 27.1. The monoisotopic (exact) mass is 678 g/mol. The zero-order chi connectivity index (χ0) is 33.8. The number of aliphatic hydroxyl groups excluding tert-OH is 1. The number of fused-ring (bicyclic) bond motifs is 2. The van der Waals surface area contributed by atoms with Gasteiger partial charge in [-0.3, -0.25) is 9.79 Å². The number of sulfonamides is 1. The van der Waals surface area contributed by atoms with Crippen molar-refractivity contribution in [1.82, 2.24) is 9.62 Å². The van der Waals surface area contributed by atoms with Crippen molar-refractivity contribution in [2.45, 2.75) is 69.4 Å². The Balaban J connectivity index is 1.40. The van der Waals surface area contributed by atoms with E-state index in [1.807, 2.05) is 25.1 Å². The summed E-state index contributed by atoms with van der Waals surface area (Å²) < 4.78 is 80.8. The highest BCUT2D eigenvalue weighted by Crippen LogP contribution is 2.36. The lowest BCUT2D eigenvalue weighted by Gasteiger charge is -2.34. The number of hydrogen-bond donors (Lipinski definition) is 3. The van der Waals surface area contributed by atoms with E-state index in [1.54, 1.807) is 12.2 Å². The molecule has 10 nitrogen and oxygen atoms in total. The van der Waals surface area contributed by atoms with E-state index in [9.17, 15) is 31.5 Å². The van der Waals surface area contributed by atoms with Crippen LogP contribution in [-0.4, -0.2) is 85.9 Å². The summed E-state index contributed by atoms with van der Waals surface area (Å²) in [4.78, 5) is 17.7. The number of piperidine rings is 1. The number of aryl methyl sites for hydroxylation is 3. The Morgan fingerprint density at radius 1 is 1.13 bits per heavy atom. The van der Waals surface area contributed by atoms with Crippen LogP contribution in [0.5, 0.6) is 5.75 Å². The Morgan fingerprint density at radius 3 is 2.60 bits per heavy atom. The molecule has 0 saturated carbocycles. The summed E-state index contributed by atoms with van der Waals surface area (Å²) in [5.41, 5.74) is 6.52. The molecule has 0 aliphatic carbocycles. The minimum atomic E-state index is -4.67. The number of carbonyl (C=O) groups excluding carboxylic acids is 1. The summed E-state index contributed by atoms with van der Waals surface area (Å²) >= 11 is 0. The van der Waals surface area contributed by atoms with Crippen molar-refractivity contribution in [1.29, 1.82) is 0 Å². The van der Waals surface area contributed by atoms with Crippen LogP contribution in [0.1, 0.15) is 53.5 Å². The molecule has 256 valence electrons. The molecular weight excluding hydrogens is 637 g/mol. The standard InChI is InChI=1S/C33H41F3N4O6S/c1-22-17-23-5-7-24(22)9-16-47(43,44)40-12-10-32(11-13-40)31(42)38-30(39-32)25-18-26(33(34,35)36)20-27(19-25)45-14-3-2-4-15-46-29(21-37)28(41)8-6-23/h2,4-5,7,17-20,28-29,41H,3,6,8-16,21,37H2,1H3,(H,38,39,42)/b4-2+/t28-,29-/m0/s1. The van der Waals surface area contributed by atoms with Crippen molar-refractivity contribution in [3.8, 4) is 5.75 Å². The number of nitrogens with zero attached hydrogens (tertiary/aromatic N) is 2. The fraction of sp³-hybridized carbons (Fsp3) is 0.515. The van der Waals surface area contributed by atoms with Gasteiger partial charge in [-0.2, -0.15) is 13.2 Å². The van der Waals surface area contributed by atoms with Crippen LogP contribution in [0.2, 0.25) is 0 Å². The quantitative estimate of drug-likeness (QED) is 0.393. The highest BCUT2D eigenvalue weighted by molar-refractivity contribution is 7.89. The van der Waals surface area contributed by atoms with Crippen LogP contribution >= 0.6 is 0 Å². The average Bonchev–Trinajstić information content (AvgIpc) is 3.34. The second kappa shape index (κ2) is 14.4. The van der Waals surface area contributed by atoms with Gasteiger partial charge >= 0.3 is 6.18 Å². The molecule has 0 aromatic heterocycles. The van der Waals surface area contributed by atoms with E-state index >= 15 is 0 Å². The molecule has 0 unspecified atom stereocenters. The van der Waals surface area contributed by atoms with E-state index in [-0.39, 0.29) is 68.6 Å². The van der Waals surface area contributed by atoms with Gasteiger partial charge in [-0.1, -0.05) is 30.4 Å². The van der Waals surface area contributed by atoms with Gasteiger partial charge in [0.2, 0.25) is 10.0 Å². The number of ether oxygens (including phenoxy) is 2. The summed E-state index contributed by atoms with van der Waals surface area (Å²) in [5.74, 6) is -0.625. The molecule has 7 bridgehead atoms. The fourth-order valence-electron chi connectivity index (χ4n) is 6.12. The number of benzene rings is 2. The predicted molar refractivity (Wildman–Crippen MR) is 171 cm³/mol. The first-order valence-corrected chi connectivity index (χ1v) is 17.4. The van der Waals surface area contributed by atoms with Crippen LogP contribution in [0.15, 0.2) is 53.5 Å². The second-order valence-electron chi connectivity index (χ2n) is 12.2. The molecule has 7 rings (SSSR count). The van der Waals surface area contributed by atoms with Gasteiger partial charge in [0.25, 0.3) is 5.91 Å². The van der Waals surface area contributed by atoms with Crippen LogP contribution in [0.3, 0.4) is 0 Å². The number of aliphatic imine (C=N–C) groups is 1. The molecule has 2 aromatic carbocycles. The molecule has 1 fully saturated rings. The van der Waals surface area contributed by atoms with Crippen LogP contribution in [-0.2, 0) is 38.6 Å². The number of aliphatic hydroxyl groups is 1. The molecule has 0 radical (unpaired) electrons. The smallest absolute Gasteiger partial charge is 0.416 e. The first-order chi connectivity index (χ1) is 22.3. The van der Waals surface area contributed by atoms with Gasteiger partial charge in [0.15, 0.2) is 0 Å². The summed E-state index contributed by atoms with van der Waals surface area (Å²) in [5, 5.41) is 13.3. The highest BCUT2D eigenvalue weighted by atomic mass is 32.2. The molecule has 4 N–H and O–H groups in total. The lowest BCUT2D eigenvalue weighted by atomic mass is 9.89. The highest BCUT2D eigenvalue weighted by Gasteiger charge is 2.47. The molecule has 1 spiro atoms. The van der Waals surface area contributed by atoms with Crippen LogP contribution in [0, 0.1) is 6.92 Å². The molecule has 5 aliphatic heterocycles. The van der Waals surface area contributed by atoms with Crippen LogP contribution in [0.4, 0.5) is 13.2 Å². The first kappa shape index (κ1) is 35.0. The first-order valence-electron chi connectivity index (χ1n) is 15.8. The molecule has 5 aliphatic rings. The molecule has 2 atom stereocenters. The van der Waals surface area contributed by atoms with E-state index in [2.05, 4.69) is 10.3 Å². The second-order valence-corrected chi connectivity index (χ2v) is 14.3. The van der Waals surface area contributed by atoms with Crippen molar-refractivity contribution < 1.29 is 41.0 Å². The average molecular weight is 679 g/mol. The van der Waals surface area contributed by atoms with Gasteiger partial charge < -0.3 is 25.6 Å². The number of rotatable bonds is 1. The summed E-state index contributed by atoms with van der Waals surface area (Å²) in [7, 11) is -3.66. The minimum Gasteiger partial charge on any atom is -0.493 e. The van der Waals surface area contributed by atoms with Gasteiger partial charge in [0, 0.05) is 25.2 Å². The Bertz CT molecular complexity index is 1620. The number of nitrogens with one attached hydrogen (secondary N) is 1. The summed E-state index contributed by atoms with van der Waals surface area (Å²) in [6.07, 6.45) is -0.668. The van der Waals surface area contributed by atoms with Gasteiger partial charge in [0.05, 0.1) is 36.7 Å². The molecule has 1 amide bonds. The number of alkyl halides is 3. The van der Waals surface area contributed by atoms with Crippen LogP contribution in [0.25, 0.3) is 0 Å². The number of nitrogens with two attached hydrogens (primary N) is 1. The maximum atomic E-state index is 13.8. The lowest BCUT2D eigenvalue weighted by Crippen LogP contribution is -2.50. The van der Waals surface area contributed by atoms with E-state index in [1.165, 1.54) is 10.4 Å². The van der Waals surface area contributed by atoms with Gasteiger partial charge in [-0.05, 0) is 80.3 Å². The number of halogens is 3. The largest absolute Gasteiger partial charge is 0.493 e. The van der Waals surface area contributed by atoms with E-state index in [4.69, 9.17) is 15.2 Å². The number of hydrogen-bond acceptors (Lipinski definition) is 8. The Morgan fingerprint density at radius 2 is 1.89 bits per heavy atom. The Hall–Kier alpha value is -3.30. The third-order valence-electron chi connectivity index (χ3n) is 8.98. The minimum absolute atomic E-state index is 0.00720. The third-order valence-corrected chi connectivity index (χ3v) is 10.9. The maximum absolute atomic E-state index is 13.8. The molecule has 1 saturated heterocycles. The van der Waals surface area contributed by atoms with Gasteiger partial charge in [-0.25, -0.2) is 12.7 Å². The Labute approximate surface area is 272 Å². The molecule has 2 aromatic rings. The third kappa shape index (κ3) is 8.41. The molecule has 47 heavy (non-hydrogen) atoms. The van der Waals surface area contributed by atoms with Crippen molar-refractivity contribution in [3.63, 3.8) is 0 Å². The predicted octanol–water partition coefficient (Wildman–Crippen LogP) is 3.27. The van der Waals surface area contributed by atoms with E-state index in [0.717, 1.165) is 28.8 Å². The van der Waals surface area contributed by atoms with Gasteiger partial charge in [-0.15, -0.1) is 0 Å². The van der Waals surface area contributed by atoms with Crippen LogP contribution < -0.4 is 15.8 Å². The van der Waals surface area contributed by atoms with E-state index < -0.39 is 45.4 Å². The normalized spacial score (nSPS) is 28.2. The molecular formula is C33H41F3N4O6S. The topological polar surface area (TPSA) is 144 Å². The zero-order valence-electron chi connectivity index (χ0n) is 26.3. The molecule has 5 heterocycles. The van der Waals surface area contributed by atoms with Gasteiger partial charge in [0.1, 0.15) is 17.1 Å². The number of carbonyl (C=O) groups is 1. The SMILES string of the molecule is Cc1cc2ccc1CCS(=O)(=O)N1CCC3(CC1)N=C(NC3=O)c1cc(cc(C(F)(F)F)c1)OCC/C=C/CO[C@@H](CN)[C@@H](O)CC2. The summed E-state index contributed by atoms with van der Waals surface area (Å²) in [6, 6.07) is 9.05. The van der Waals surface area contributed by atoms with Crippen molar-refractivity contribution in [2.24, 2.45) is 10.7 Å².